The van der Waals surface area contributed by atoms with Crippen molar-refractivity contribution in [1.29, 1.82) is 0 Å². The van der Waals surface area contributed by atoms with Crippen molar-refractivity contribution in [2.24, 2.45) is 0 Å². The summed E-state index contributed by atoms with van der Waals surface area (Å²) in [6, 6.07) is 0. The molecule has 0 amide bonds. The molecule has 15 heavy (non-hydrogen) atoms. The lowest BCUT2D eigenvalue weighted by Crippen LogP contribution is -2.17. The maximum Gasteiger partial charge on any atom is 0.306 e. The van der Waals surface area contributed by atoms with E-state index in [2.05, 4.69) is 6.92 Å². The predicted molar refractivity (Wildman–Crippen MR) is 59.8 cm³/mol. The first-order valence-electron chi connectivity index (χ1n) is 5.47. The van der Waals surface area contributed by atoms with Crippen molar-refractivity contribution in [3.05, 3.63) is 0 Å². The molecule has 1 atom stereocenters. The molecule has 0 radical (unpaired) electrons. The van der Waals surface area contributed by atoms with Crippen molar-refractivity contribution in [2.45, 2.75) is 58.5 Å². The van der Waals surface area contributed by atoms with E-state index in [1.807, 2.05) is 6.92 Å². The molecule has 0 aliphatic heterocycles. The van der Waals surface area contributed by atoms with E-state index >= 15 is 0 Å². The van der Waals surface area contributed by atoms with Gasteiger partial charge < -0.3 is 4.74 Å². The molecule has 0 spiro atoms. The molecule has 0 rings (SSSR count). The van der Waals surface area contributed by atoms with Gasteiger partial charge in [0.1, 0.15) is 6.10 Å². The highest BCUT2D eigenvalue weighted by atomic mass is 35.5. The summed E-state index contributed by atoms with van der Waals surface area (Å²) in [7, 11) is 0. The molecule has 0 aromatic heterocycles. The Labute approximate surface area is 96.1 Å². The van der Waals surface area contributed by atoms with Gasteiger partial charge in [0, 0.05) is 12.8 Å². The van der Waals surface area contributed by atoms with Crippen molar-refractivity contribution < 1.29 is 14.3 Å². The van der Waals surface area contributed by atoms with E-state index in [4.69, 9.17) is 16.3 Å². The molecule has 88 valence electrons. The van der Waals surface area contributed by atoms with Crippen molar-refractivity contribution in [3.63, 3.8) is 0 Å². The minimum atomic E-state index is -0.400. The van der Waals surface area contributed by atoms with Gasteiger partial charge in [-0.15, -0.1) is 0 Å². The van der Waals surface area contributed by atoms with E-state index in [1.165, 1.54) is 0 Å². The Kier molecular flexibility index (Phi) is 8.38. The van der Waals surface area contributed by atoms with Crippen LogP contribution in [0.25, 0.3) is 0 Å². The average molecular weight is 235 g/mol. The topological polar surface area (TPSA) is 43.4 Å². The third-order valence-corrected chi connectivity index (χ3v) is 2.31. The van der Waals surface area contributed by atoms with Gasteiger partial charge in [0.25, 0.3) is 0 Å². The fourth-order valence-electron chi connectivity index (χ4n) is 1.28. The second-order valence-electron chi connectivity index (χ2n) is 3.52. The first-order chi connectivity index (χ1) is 7.10. The third-order valence-electron chi connectivity index (χ3n) is 2.12. The molecular formula is C11H19ClO3. The van der Waals surface area contributed by atoms with Gasteiger partial charge in [-0.1, -0.05) is 20.3 Å². The van der Waals surface area contributed by atoms with E-state index in [0.717, 1.165) is 19.3 Å². The van der Waals surface area contributed by atoms with Crippen LogP contribution in [0.4, 0.5) is 0 Å². The molecule has 0 aromatic carbocycles. The van der Waals surface area contributed by atoms with E-state index in [9.17, 15) is 9.59 Å². The average Bonchev–Trinajstić information content (AvgIpc) is 2.16. The lowest BCUT2D eigenvalue weighted by atomic mass is 10.1. The van der Waals surface area contributed by atoms with Gasteiger partial charge in [0.2, 0.25) is 5.24 Å². The molecule has 0 heterocycles. The number of rotatable bonds is 8. The fraction of sp³-hybridized carbons (Fsp3) is 0.818. The zero-order valence-corrected chi connectivity index (χ0v) is 10.2. The minimum Gasteiger partial charge on any atom is -0.462 e. The van der Waals surface area contributed by atoms with Crippen LogP contribution >= 0.6 is 11.6 Å². The molecule has 0 aromatic rings. The summed E-state index contributed by atoms with van der Waals surface area (Å²) >= 11 is 5.15. The van der Waals surface area contributed by atoms with Gasteiger partial charge in [-0.2, -0.15) is 0 Å². The normalized spacial score (nSPS) is 12.2. The second-order valence-corrected chi connectivity index (χ2v) is 3.94. The summed E-state index contributed by atoms with van der Waals surface area (Å²) in [6.45, 7) is 4.05. The van der Waals surface area contributed by atoms with Crippen LogP contribution in [-0.4, -0.2) is 17.3 Å². The number of carbonyl (C=O) groups excluding carboxylic acids is 2. The van der Waals surface area contributed by atoms with Gasteiger partial charge in [0.15, 0.2) is 0 Å². The Morgan fingerprint density at radius 2 is 1.93 bits per heavy atom. The van der Waals surface area contributed by atoms with Crippen molar-refractivity contribution in [3.8, 4) is 0 Å². The Balaban J connectivity index is 3.66. The number of carbonyl (C=O) groups is 2. The van der Waals surface area contributed by atoms with Gasteiger partial charge >= 0.3 is 5.97 Å². The van der Waals surface area contributed by atoms with Crippen LogP contribution in [0, 0.1) is 0 Å². The summed E-state index contributed by atoms with van der Waals surface area (Å²) in [5.41, 5.74) is 0. The fourth-order valence-corrected chi connectivity index (χ4v) is 1.42. The molecule has 0 N–H and O–H groups in total. The molecule has 1 unspecified atom stereocenters. The molecule has 0 saturated carbocycles. The second kappa shape index (κ2) is 8.72. The number of hydrogen-bond acceptors (Lipinski definition) is 3. The molecule has 0 bridgehead atoms. The molecule has 0 aliphatic rings. The van der Waals surface area contributed by atoms with E-state index in [1.54, 1.807) is 0 Å². The molecule has 4 heteroatoms. The molecule has 0 saturated heterocycles. The largest absolute Gasteiger partial charge is 0.462 e. The minimum absolute atomic E-state index is 0.0224. The van der Waals surface area contributed by atoms with Crippen LogP contribution in [0.1, 0.15) is 52.4 Å². The summed E-state index contributed by atoms with van der Waals surface area (Å²) < 4.78 is 5.23. The van der Waals surface area contributed by atoms with Crippen LogP contribution in [-0.2, 0) is 14.3 Å². The van der Waals surface area contributed by atoms with Crippen LogP contribution in [0.5, 0.6) is 0 Å². The van der Waals surface area contributed by atoms with Crippen LogP contribution in [0.3, 0.4) is 0 Å². The lowest BCUT2D eigenvalue weighted by Gasteiger charge is -2.14. The Morgan fingerprint density at radius 3 is 2.40 bits per heavy atom. The zero-order chi connectivity index (χ0) is 11.7. The first kappa shape index (κ1) is 14.4. The lowest BCUT2D eigenvalue weighted by molar-refractivity contribution is -0.149. The number of ether oxygens (including phenoxy) is 1. The van der Waals surface area contributed by atoms with E-state index in [0.29, 0.717) is 6.42 Å². The summed E-state index contributed by atoms with van der Waals surface area (Å²) in [5, 5.41) is -0.400. The third kappa shape index (κ3) is 8.43. The monoisotopic (exact) mass is 234 g/mol. The Bertz CT molecular complexity index is 204. The van der Waals surface area contributed by atoms with Crippen LogP contribution in [0.2, 0.25) is 0 Å². The van der Waals surface area contributed by atoms with Gasteiger partial charge in [0.05, 0.1) is 0 Å². The van der Waals surface area contributed by atoms with Crippen LogP contribution < -0.4 is 0 Å². The molecule has 0 aliphatic carbocycles. The van der Waals surface area contributed by atoms with Gasteiger partial charge in [-0.25, -0.2) is 0 Å². The van der Waals surface area contributed by atoms with E-state index in [-0.39, 0.29) is 24.9 Å². The highest BCUT2D eigenvalue weighted by Gasteiger charge is 2.11. The predicted octanol–water partition coefficient (Wildman–Crippen LogP) is 3.04. The van der Waals surface area contributed by atoms with Crippen molar-refractivity contribution >= 4 is 22.8 Å². The summed E-state index contributed by atoms with van der Waals surface area (Å²) in [4.78, 5) is 21.7. The van der Waals surface area contributed by atoms with Crippen molar-refractivity contribution in [2.75, 3.05) is 0 Å². The first-order valence-corrected chi connectivity index (χ1v) is 5.85. The van der Waals surface area contributed by atoms with Gasteiger partial charge in [-0.05, 0) is 30.9 Å². The smallest absolute Gasteiger partial charge is 0.306 e. The standard InChI is InChI=1S/C11H19ClO3/c1-3-6-9(4-2)15-11(14)8-5-7-10(12)13/h9H,3-8H2,1-2H3. The van der Waals surface area contributed by atoms with Gasteiger partial charge in [-0.3, -0.25) is 9.59 Å². The SMILES string of the molecule is CCCC(CC)OC(=O)CCCC(=O)Cl. The number of halogens is 1. The number of hydrogen-bond donors (Lipinski definition) is 0. The van der Waals surface area contributed by atoms with Crippen LogP contribution in [0.15, 0.2) is 0 Å². The Hall–Kier alpha value is -0.570. The molecule has 0 fully saturated rings. The maximum atomic E-state index is 11.3. The molecule has 3 nitrogen and oxygen atoms in total. The number of esters is 1. The molecular weight excluding hydrogens is 216 g/mol. The highest BCUT2D eigenvalue weighted by molar-refractivity contribution is 6.63. The summed E-state index contributed by atoms with van der Waals surface area (Å²) in [5.74, 6) is -0.229. The highest BCUT2D eigenvalue weighted by Crippen LogP contribution is 2.09. The van der Waals surface area contributed by atoms with Crippen molar-refractivity contribution in [1.82, 2.24) is 0 Å². The quantitative estimate of drug-likeness (QED) is 0.479. The van der Waals surface area contributed by atoms with E-state index < -0.39 is 5.24 Å². The maximum absolute atomic E-state index is 11.3. The zero-order valence-electron chi connectivity index (χ0n) is 9.42. The Morgan fingerprint density at radius 1 is 1.27 bits per heavy atom. The summed E-state index contributed by atoms with van der Waals surface area (Å²) in [6.07, 6.45) is 3.76.